The van der Waals surface area contributed by atoms with Crippen molar-refractivity contribution in [2.24, 2.45) is 0 Å². The van der Waals surface area contributed by atoms with Crippen LogP contribution in [-0.2, 0) is 20.4 Å². The minimum Gasteiger partial charge on any atom is -0.347 e. The van der Waals surface area contributed by atoms with E-state index in [0.29, 0.717) is 5.02 Å². The lowest BCUT2D eigenvalue weighted by atomic mass is 10.2. The number of likely N-dealkylation sites (N-methyl/N-ethyl adjacent to an activating group) is 1. The Morgan fingerprint density at radius 3 is 2.41 bits per heavy atom. The molecule has 1 N–H and O–H groups in total. The van der Waals surface area contributed by atoms with Gasteiger partial charge in [-0.15, -0.1) is 0 Å². The monoisotopic (exact) mass is 344 g/mol. The molecule has 1 aromatic carbocycles. The maximum absolute atomic E-state index is 12.3. The van der Waals surface area contributed by atoms with Gasteiger partial charge in [-0.3, -0.25) is 13.8 Å². The Bertz CT molecular complexity index is 578. The topological polar surface area (TPSA) is 66.5 Å². The van der Waals surface area contributed by atoms with Crippen molar-refractivity contribution in [1.29, 1.82) is 0 Å². The van der Waals surface area contributed by atoms with Crippen molar-refractivity contribution in [3.63, 3.8) is 0 Å². The molecular formula is C15H21ClN2O3S. The lowest BCUT2D eigenvalue weighted by Crippen LogP contribution is -2.45. The molecule has 22 heavy (non-hydrogen) atoms. The van der Waals surface area contributed by atoms with Gasteiger partial charge in [0.25, 0.3) is 0 Å². The highest BCUT2D eigenvalue weighted by Gasteiger charge is 2.22. The smallest absolute Gasteiger partial charge is 0.244 e. The van der Waals surface area contributed by atoms with Crippen molar-refractivity contribution < 1.29 is 13.8 Å². The number of carbonyl (C=O) groups excluding carboxylic acids is 2. The van der Waals surface area contributed by atoms with Crippen LogP contribution in [0.25, 0.3) is 0 Å². The average Bonchev–Trinajstić information content (AvgIpc) is 2.45. The zero-order valence-electron chi connectivity index (χ0n) is 13.1. The highest BCUT2D eigenvalue weighted by Crippen LogP contribution is 2.26. The molecule has 0 spiro atoms. The molecule has 7 heteroatoms. The fraction of sp³-hybridized carbons (Fsp3) is 0.467. The van der Waals surface area contributed by atoms with Gasteiger partial charge in [0.05, 0.1) is 5.25 Å². The lowest BCUT2D eigenvalue weighted by molar-refractivity contribution is -0.133. The molecule has 0 aromatic heterocycles. The molecule has 0 fully saturated rings. The van der Waals surface area contributed by atoms with E-state index in [1.165, 1.54) is 4.90 Å². The van der Waals surface area contributed by atoms with E-state index < -0.39 is 22.7 Å². The van der Waals surface area contributed by atoms with Gasteiger partial charge >= 0.3 is 0 Å². The van der Waals surface area contributed by atoms with Crippen LogP contribution in [0.4, 0.5) is 0 Å². The maximum atomic E-state index is 12.3. The number of hydrogen-bond donors (Lipinski definition) is 1. The molecule has 0 aliphatic rings. The molecular weight excluding hydrogens is 324 g/mol. The molecule has 0 bridgehead atoms. The Hall–Kier alpha value is -1.40. The second kappa shape index (κ2) is 8.29. The summed E-state index contributed by atoms with van der Waals surface area (Å²) >= 11 is 6.08. The number of carbonyl (C=O) groups is 2. The van der Waals surface area contributed by atoms with Crippen LogP contribution < -0.4 is 5.32 Å². The van der Waals surface area contributed by atoms with E-state index in [1.807, 2.05) is 6.07 Å². The maximum Gasteiger partial charge on any atom is 0.244 e. The molecule has 0 aliphatic heterocycles. The second-order valence-corrected chi connectivity index (χ2v) is 7.38. The van der Waals surface area contributed by atoms with Crippen LogP contribution in [0.2, 0.25) is 5.02 Å². The third kappa shape index (κ3) is 5.10. The number of nitrogens with zero attached hydrogens (tertiary/aromatic N) is 1. The van der Waals surface area contributed by atoms with Crippen LogP contribution in [0.3, 0.4) is 0 Å². The standard InChI is InChI=1S/C15H21ClN2O3S/c1-10(15(20)18(3)4)17-14(19)9-22(21)11(2)12-7-5-6-8-13(12)16/h5-8,10-11H,9H2,1-4H3,(H,17,19)/t10-,11-,22+/m0/s1. The predicted molar refractivity (Wildman–Crippen MR) is 89.2 cm³/mol. The second-order valence-electron chi connectivity index (χ2n) is 5.21. The van der Waals surface area contributed by atoms with E-state index in [-0.39, 0.29) is 16.9 Å². The number of halogens is 1. The van der Waals surface area contributed by atoms with Crippen molar-refractivity contribution in [1.82, 2.24) is 10.2 Å². The van der Waals surface area contributed by atoms with E-state index in [9.17, 15) is 13.8 Å². The molecule has 0 saturated heterocycles. The summed E-state index contributed by atoms with van der Waals surface area (Å²) in [5, 5.41) is 2.72. The van der Waals surface area contributed by atoms with Gasteiger partial charge < -0.3 is 10.2 Å². The van der Waals surface area contributed by atoms with Crippen molar-refractivity contribution >= 4 is 34.2 Å². The van der Waals surface area contributed by atoms with E-state index in [1.54, 1.807) is 46.1 Å². The molecule has 0 radical (unpaired) electrons. The van der Waals surface area contributed by atoms with Crippen LogP contribution in [0, 0.1) is 0 Å². The molecule has 0 heterocycles. The Labute approximate surface area is 138 Å². The third-order valence-electron chi connectivity index (χ3n) is 3.20. The van der Waals surface area contributed by atoms with Gasteiger partial charge in [-0.05, 0) is 25.5 Å². The van der Waals surface area contributed by atoms with E-state index >= 15 is 0 Å². The van der Waals surface area contributed by atoms with E-state index in [0.717, 1.165) is 5.56 Å². The van der Waals surface area contributed by atoms with Crippen molar-refractivity contribution in [3.05, 3.63) is 34.9 Å². The number of rotatable bonds is 6. The fourth-order valence-corrected chi connectivity index (χ4v) is 3.38. The fourth-order valence-electron chi connectivity index (χ4n) is 1.93. The normalized spacial score (nSPS) is 14.8. The van der Waals surface area contributed by atoms with Crippen LogP contribution in [0.15, 0.2) is 24.3 Å². The van der Waals surface area contributed by atoms with Crippen LogP contribution in [-0.4, -0.2) is 46.8 Å². The number of nitrogens with one attached hydrogen (secondary N) is 1. The molecule has 2 amide bonds. The Kier molecular flexibility index (Phi) is 7.03. The first-order valence-corrected chi connectivity index (χ1v) is 8.62. The molecule has 0 saturated carbocycles. The molecule has 1 aromatic rings. The Morgan fingerprint density at radius 2 is 1.86 bits per heavy atom. The van der Waals surface area contributed by atoms with Crippen molar-refractivity contribution in [2.75, 3.05) is 19.8 Å². The van der Waals surface area contributed by atoms with Crippen LogP contribution >= 0.6 is 11.6 Å². The van der Waals surface area contributed by atoms with Crippen molar-refractivity contribution in [3.8, 4) is 0 Å². The van der Waals surface area contributed by atoms with E-state index in [2.05, 4.69) is 5.32 Å². The summed E-state index contributed by atoms with van der Waals surface area (Å²) in [6.45, 7) is 3.36. The minimum atomic E-state index is -1.42. The Balaban J connectivity index is 2.63. The van der Waals surface area contributed by atoms with Gasteiger partial charge in [0, 0.05) is 29.9 Å². The van der Waals surface area contributed by atoms with Crippen LogP contribution in [0.1, 0.15) is 24.7 Å². The average molecular weight is 345 g/mol. The van der Waals surface area contributed by atoms with Gasteiger partial charge in [-0.2, -0.15) is 0 Å². The largest absolute Gasteiger partial charge is 0.347 e. The Morgan fingerprint density at radius 1 is 1.27 bits per heavy atom. The summed E-state index contributed by atoms with van der Waals surface area (Å²) in [4.78, 5) is 25.0. The summed E-state index contributed by atoms with van der Waals surface area (Å²) in [6, 6.07) is 6.48. The summed E-state index contributed by atoms with van der Waals surface area (Å²) in [6.07, 6.45) is 0. The molecule has 0 aliphatic carbocycles. The van der Waals surface area contributed by atoms with E-state index in [4.69, 9.17) is 11.6 Å². The minimum absolute atomic E-state index is 0.169. The highest BCUT2D eigenvalue weighted by molar-refractivity contribution is 7.86. The lowest BCUT2D eigenvalue weighted by Gasteiger charge is -2.18. The van der Waals surface area contributed by atoms with Gasteiger partial charge in [0.2, 0.25) is 11.8 Å². The quantitative estimate of drug-likeness (QED) is 0.854. The summed E-state index contributed by atoms with van der Waals surface area (Å²) < 4.78 is 12.3. The highest BCUT2D eigenvalue weighted by atomic mass is 35.5. The molecule has 1 rings (SSSR count). The summed E-state index contributed by atoms with van der Waals surface area (Å²) in [5.41, 5.74) is 0.743. The number of benzene rings is 1. The van der Waals surface area contributed by atoms with Gasteiger partial charge in [0.15, 0.2) is 0 Å². The van der Waals surface area contributed by atoms with Gasteiger partial charge in [0.1, 0.15) is 11.8 Å². The third-order valence-corrected chi connectivity index (χ3v) is 5.13. The number of amides is 2. The number of hydrogen-bond acceptors (Lipinski definition) is 3. The van der Waals surface area contributed by atoms with Gasteiger partial charge in [-0.25, -0.2) is 0 Å². The first-order chi connectivity index (χ1) is 10.2. The first kappa shape index (κ1) is 18.6. The zero-order valence-corrected chi connectivity index (χ0v) is 14.7. The van der Waals surface area contributed by atoms with Gasteiger partial charge in [-0.1, -0.05) is 29.8 Å². The zero-order chi connectivity index (χ0) is 16.9. The molecule has 0 unspecified atom stereocenters. The summed E-state index contributed by atoms with van der Waals surface area (Å²) in [5.74, 6) is -0.796. The molecule has 3 atom stereocenters. The van der Waals surface area contributed by atoms with Crippen molar-refractivity contribution in [2.45, 2.75) is 25.1 Å². The molecule has 5 nitrogen and oxygen atoms in total. The SMILES string of the molecule is C[C@H](NC(=O)C[S@@](=O)[C@@H](C)c1ccccc1Cl)C(=O)N(C)C. The van der Waals surface area contributed by atoms with Crippen LogP contribution in [0.5, 0.6) is 0 Å². The first-order valence-electron chi connectivity index (χ1n) is 6.86. The summed E-state index contributed by atoms with van der Waals surface area (Å²) in [7, 11) is 1.81. The molecule has 122 valence electrons. The predicted octanol–water partition coefficient (Wildman–Crippen LogP) is 1.74.